The summed E-state index contributed by atoms with van der Waals surface area (Å²) in [7, 11) is 0. The van der Waals surface area contributed by atoms with Crippen LogP contribution in [0, 0.1) is 58.7 Å². The number of carbonyl (C=O) groups excluding carboxylic acids is 2. The average Bonchev–Trinajstić information content (AvgIpc) is 3.56. The monoisotopic (exact) mass is 654 g/mol. The zero-order valence-electron chi connectivity index (χ0n) is 28.9. The van der Waals surface area contributed by atoms with Crippen molar-refractivity contribution in [2.75, 3.05) is 6.61 Å². The minimum atomic E-state index is -0.996. The normalized spacial score (nSPS) is 43.2. The molecule has 5 unspecified atom stereocenters. The Morgan fingerprint density at radius 2 is 1.77 bits per heavy atom. The maximum atomic E-state index is 14.0. The number of aryl methyl sites for hydroxylation is 1. The summed E-state index contributed by atoms with van der Waals surface area (Å²) in [5.41, 5.74) is 2.80. The molecule has 1 aromatic rings. The van der Waals surface area contributed by atoms with Gasteiger partial charge in [-0.05, 0) is 160 Å². The highest BCUT2D eigenvalue weighted by Gasteiger charge is 2.65. The summed E-state index contributed by atoms with van der Waals surface area (Å²) in [4.78, 5) is 26.1. The summed E-state index contributed by atoms with van der Waals surface area (Å²) in [5, 5.41) is 20.8. The minimum absolute atomic E-state index is 0.0550. The minimum Gasteiger partial charge on any atom is -0.479 e. The first kappa shape index (κ1) is 32.6. The number of hydrogen-bond acceptors (Lipinski definition) is 6. The lowest BCUT2D eigenvalue weighted by molar-refractivity contribution is -0.178. The maximum absolute atomic E-state index is 14.0. The lowest BCUT2D eigenvalue weighted by Gasteiger charge is -2.55. The van der Waals surface area contributed by atoms with Crippen LogP contribution in [0.3, 0.4) is 0 Å². The molecule has 6 nitrogen and oxygen atoms in total. The number of benzene rings is 1. The molecule has 1 aromatic carbocycles. The summed E-state index contributed by atoms with van der Waals surface area (Å²) in [6.07, 6.45) is 20.9. The first-order valence-corrected chi connectivity index (χ1v) is 19.1. The van der Waals surface area contributed by atoms with Crippen molar-refractivity contribution in [1.29, 1.82) is 0 Å². The van der Waals surface area contributed by atoms with E-state index in [2.05, 4.69) is 31.9 Å². The second-order valence-electron chi connectivity index (χ2n) is 17.2. The van der Waals surface area contributed by atoms with Crippen molar-refractivity contribution in [1.82, 2.24) is 0 Å². The molecule has 6 heteroatoms. The molecule has 0 aromatic heterocycles. The van der Waals surface area contributed by atoms with Gasteiger partial charge in [-0.3, -0.25) is 4.79 Å². The van der Waals surface area contributed by atoms with E-state index in [0.717, 1.165) is 77.0 Å². The van der Waals surface area contributed by atoms with Crippen molar-refractivity contribution in [3.05, 3.63) is 41.0 Å². The smallest absolute Gasteiger partial charge is 0.348 e. The lowest BCUT2D eigenvalue weighted by Crippen LogP contribution is -2.54. The van der Waals surface area contributed by atoms with Crippen molar-refractivity contribution in [2.24, 2.45) is 46.3 Å². The number of hydrogen-bond donors (Lipinski definition) is 2. The quantitative estimate of drug-likeness (QED) is 0.251. The zero-order valence-corrected chi connectivity index (χ0v) is 28.9. The maximum Gasteiger partial charge on any atom is 0.348 e. The number of carbonyl (C=O) groups is 2. The molecular formula is C42H54O6. The number of ether oxygens (including phenoxy) is 2. The van der Waals surface area contributed by atoms with Crippen LogP contribution in [0.15, 0.2) is 29.8 Å². The van der Waals surface area contributed by atoms with Crippen LogP contribution in [0.4, 0.5) is 0 Å². The van der Waals surface area contributed by atoms with Crippen LogP contribution in [-0.2, 0) is 20.7 Å². The molecule has 0 aliphatic heterocycles. The molecule has 0 heterocycles. The Balaban J connectivity index is 0.976. The van der Waals surface area contributed by atoms with Crippen LogP contribution in [0.2, 0.25) is 0 Å². The highest BCUT2D eigenvalue weighted by molar-refractivity contribution is 5.91. The van der Waals surface area contributed by atoms with Crippen LogP contribution >= 0.6 is 0 Å². The topological polar surface area (TPSA) is 93.1 Å². The molecule has 5 fully saturated rings. The predicted octanol–water partition coefficient (Wildman–Crippen LogP) is 7.09. The Morgan fingerprint density at radius 1 is 0.938 bits per heavy atom. The molecule has 12 atom stereocenters. The van der Waals surface area contributed by atoms with E-state index < -0.39 is 17.7 Å². The van der Waals surface area contributed by atoms with Gasteiger partial charge in [0.25, 0.3) is 0 Å². The van der Waals surface area contributed by atoms with E-state index in [9.17, 15) is 19.8 Å². The van der Waals surface area contributed by atoms with E-state index in [1.807, 2.05) is 12.1 Å². The second-order valence-corrected chi connectivity index (χ2v) is 17.2. The highest BCUT2D eigenvalue weighted by Crippen LogP contribution is 2.66. The molecule has 0 amide bonds. The Morgan fingerprint density at radius 3 is 2.58 bits per heavy atom. The van der Waals surface area contributed by atoms with Crippen molar-refractivity contribution in [3.8, 4) is 18.1 Å². The van der Waals surface area contributed by atoms with Gasteiger partial charge >= 0.3 is 5.97 Å². The van der Waals surface area contributed by atoms with Gasteiger partial charge < -0.3 is 19.7 Å². The molecule has 5 saturated carbocycles. The summed E-state index contributed by atoms with van der Waals surface area (Å²) in [6, 6.07) is 6.30. The van der Waals surface area contributed by atoms with Crippen LogP contribution in [-0.4, -0.2) is 46.4 Å². The van der Waals surface area contributed by atoms with Gasteiger partial charge in [0.05, 0.1) is 6.10 Å². The molecule has 0 spiro atoms. The number of rotatable bonds is 6. The standard InChI is InChI=1S/C42H54O6/c1-4-42(21-17-36-34-10-5-25-23-27(44)7-11-29(25)32(34)16-20-41(36,42)3)48-39(46)37(18-22-43)47-28-8-12-30-26(24-28)6-9-33-31(30)15-19-40(2)35(33)13-14-38(40)45/h1,8,12,23-24,29,31-38,43,45H,5-7,9-11,13-22H2,2-3H3/t29?,31-,32?,33-,34?,35+,36?,37?,38+,40+,41+,42+/m1/s1. The van der Waals surface area contributed by atoms with Crippen LogP contribution in [0.1, 0.15) is 121 Å². The van der Waals surface area contributed by atoms with Crippen LogP contribution < -0.4 is 4.74 Å². The van der Waals surface area contributed by atoms with Crippen molar-refractivity contribution >= 4 is 11.8 Å². The van der Waals surface area contributed by atoms with E-state index in [0.29, 0.717) is 60.0 Å². The Kier molecular flexibility index (Phi) is 8.15. The number of ketones is 1. The lowest BCUT2D eigenvalue weighted by atomic mass is 9.50. The summed E-state index contributed by atoms with van der Waals surface area (Å²) < 4.78 is 12.8. The molecule has 0 saturated heterocycles. The molecule has 0 bridgehead atoms. The number of allylic oxidation sites excluding steroid dienone is 1. The van der Waals surface area contributed by atoms with Gasteiger partial charge in [-0.1, -0.05) is 31.4 Å². The van der Waals surface area contributed by atoms with Gasteiger partial charge in [0.15, 0.2) is 17.5 Å². The number of aliphatic hydroxyl groups excluding tert-OH is 2. The molecule has 48 heavy (non-hydrogen) atoms. The Labute approximate surface area is 286 Å². The first-order chi connectivity index (χ1) is 23.1. The molecule has 258 valence electrons. The fourth-order valence-electron chi connectivity index (χ4n) is 13.0. The van der Waals surface area contributed by atoms with Gasteiger partial charge in [-0.15, -0.1) is 6.42 Å². The Hall–Kier alpha value is -2.62. The molecule has 0 radical (unpaired) electrons. The van der Waals surface area contributed by atoms with Crippen molar-refractivity contribution < 1.29 is 29.3 Å². The van der Waals surface area contributed by atoms with Crippen molar-refractivity contribution in [3.63, 3.8) is 0 Å². The molecule has 7 aliphatic carbocycles. The first-order valence-electron chi connectivity index (χ1n) is 19.1. The van der Waals surface area contributed by atoms with Crippen LogP contribution in [0.5, 0.6) is 5.75 Å². The Bertz CT molecular complexity index is 1540. The van der Waals surface area contributed by atoms with E-state index >= 15 is 0 Å². The summed E-state index contributed by atoms with van der Waals surface area (Å²) >= 11 is 0. The number of terminal acetylenes is 1. The van der Waals surface area contributed by atoms with Gasteiger partial charge in [0, 0.05) is 24.9 Å². The number of aliphatic hydroxyl groups is 2. The highest BCUT2D eigenvalue weighted by atomic mass is 16.6. The third-order valence-electron chi connectivity index (χ3n) is 15.5. The third kappa shape index (κ3) is 4.88. The fourth-order valence-corrected chi connectivity index (χ4v) is 13.0. The number of esters is 1. The van der Waals surface area contributed by atoms with Crippen LogP contribution in [0.25, 0.3) is 0 Å². The largest absolute Gasteiger partial charge is 0.479 e. The SMILES string of the molecule is C#C[C@]1(OC(=O)C(CCO)Oc2ccc3c(c2)CC[C@@H]2[C@@H]3CC[C@]3(C)[C@@H](O)CC[C@@H]23)CCC2C3CCC4=CC(=O)CCC4C3CC[C@@]21C. The van der Waals surface area contributed by atoms with E-state index in [1.165, 1.54) is 16.7 Å². The average molecular weight is 655 g/mol. The van der Waals surface area contributed by atoms with E-state index in [-0.39, 0.29) is 35.7 Å². The van der Waals surface area contributed by atoms with Gasteiger partial charge in [0.1, 0.15) is 5.75 Å². The fraction of sp³-hybridized carbons (Fsp3) is 0.714. The molecule has 8 rings (SSSR count). The summed E-state index contributed by atoms with van der Waals surface area (Å²) in [5.74, 6) is 7.18. The van der Waals surface area contributed by atoms with E-state index in [4.69, 9.17) is 15.9 Å². The van der Waals surface area contributed by atoms with E-state index in [1.54, 1.807) is 0 Å². The molecule has 7 aliphatic rings. The third-order valence-corrected chi connectivity index (χ3v) is 15.5. The van der Waals surface area contributed by atoms with Gasteiger partial charge in [-0.2, -0.15) is 0 Å². The van der Waals surface area contributed by atoms with Gasteiger partial charge in [-0.25, -0.2) is 4.79 Å². The number of fused-ring (bicyclic) bond motifs is 10. The molecule has 2 N–H and O–H groups in total. The van der Waals surface area contributed by atoms with Gasteiger partial charge in [0.2, 0.25) is 0 Å². The van der Waals surface area contributed by atoms with Crippen molar-refractivity contribution in [2.45, 2.75) is 134 Å². The second kappa shape index (κ2) is 12.0. The summed E-state index contributed by atoms with van der Waals surface area (Å²) in [6.45, 7) is 4.37. The zero-order chi connectivity index (χ0) is 33.4. The molecular weight excluding hydrogens is 600 g/mol. The predicted molar refractivity (Wildman–Crippen MR) is 183 cm³/mol.